The minimum absolute atomic E-state index is 0.0228. The molecule has 1 N–H and O–H groups in total. The maximum atomic E-state index is 12.9. The third-order valence-electron chi connectivity index (χ3n) is 5.95. The summed E-state index contributed by atoms with van der Waals surface area (Å²) in [7, 11) is 0. The molecular formula is C24H28N4O3. The minimum Gasteiger partial charge on any atom is -0.350 e. The van der Waals surface area contributed by atoms with Gasteiger partial charge in [0, 0.05) is 31.4 Å². The van der Waals surface area contributed by atoms with Gasteiger partial charge in [-0.25, -0.2) is 4.79 Å². The third-order valence-corrected chi connectivity index (χ3v) is 5.95. The Bertz CT molecular complexity index is 961. The van der Waals surface area contributed by atoms with Crippen LogP contribution in [0.5, 0.6) is 0 Å². The SMILES string of the molecule is Cc1ccc(N2C(=O)N(CC(=O)N[C@H]3CCN(Cc4ccccc4)C3)C(=O)[C@H]2C)cc1. The average molecular weight is 421 g/mol. The molecule has 0 aliphatic carbocycles. The summed E-state index contributed by atoms with van der Waals surface area (Å²) in [5, 5.41) is 2.99. The van der Waals surface area contributed by atoms with Gasteiger partial charge in [0.2, 0.25) is 5.91 Å². The third kappa shape index (κ3) is 4.61. The molecule has 0 radical (unpaired) electrons. The Balaban J connectivity index is 1.32. The zero-order valence-electron chi connectivity index (χ0n) is 18.0. The van der Waals surface area contributed by atoms with E-state index in [-0.39, 0.29) is 24.4 Å². The minimum atomic E-state index is -0.629. The molecule has 4 amide bonds. The van der Waals surface area contributed by atoms with E-state index in [1.807, 2.05) is 49.4 Å². The topological polar surface area (TPSA) is 73.0 Å². The zero-order chi connectivity index (χ0) is 22.0. The lowest BCUT2D eigenvalue weighted by molar-refractivity contribution is -0.132. The first-order chi connectivity index (χ1) is 14.9. The van der Waals surface area contributed by atoms with Crippen LogP contribution < -0.4 is 10.2 Å². The molecule has 0 unspecified atom stereocenters. The fourth-order valence-corrected chi connectivity index (χ4v) is 4.26. The van der Waals surface area contributed by atoms with Crippen molar-refractivity contribution in [2.45, 2.75) is 38.9 Å². The number of nitrogens with zero attached hydrogens (tertiary/aromatic N) is 3. The molecule has 0 bridgehead atoms. The van der Waals surface area contributed by atoms with Crippen LogP contribution in [0.3, 0.4) is 0 Å². The largest absolute Gasteiger partial charge is 0.350 e. The van der Waals surface area contributed by atoms with E-state index in [1.165, 1.54) is 10.5 Å². The second-order valence-electron chi connectivity index (χ2n) is 8.36. The number of anilines is 1. The monoisotopic (exact) mass is 420 g/mol. The van der Waals surface area contributed by atoms with Crippen molar-refractivity contribution in [3.05, 3.63) is 65.7 Å². The fraction of sp³-hybridized carbons (Fsp3) is 0.375. The van der Waals surface area contributed by atoms with Crippen LogP contribution in [0.15, 0.2) is 54.6 Å². The number of hydrogen-bond donors (Lipinski definition) is 1. The van der Waals surface area contributed by atoms with Crippen molar-refractivity contribution in [3.8, 4) is 0 Å². The summed E-state index contributed by atoms with van der Waals surface area (Å²) >= 11 is 0. The normalized spacial score (nSPS) is 21.7. The van der Waals surface area contributed by atoms with Crippen molar-refractivity contribution < 1.29 is 14.4 Å². The first kappa shape index (κ1) is 21.1. The molecule has 4 rings (SSSR count). The first-order valence-electron chi connectivity index (χ1n) is 10.7. The molecule has 162 valence electrons. The molecule has 2 atom stereocenters. The Kier molecular flexibility index (Phi) is 6.04. The molecule has 2 aromatic rings. The van der Waals surface area contributed by atoms with Gasteiger partial charge < -0.3 is 5.32 Å². The molecule has 0 aromatic heterocycles. The van der Waals surface area contributed by atoms with Gasteiger partial charge in [0.05, 0.1) is 0 Å². The van der Waals surface area contributed by atoms with Crippen molar-refractivity contribution in [1.29, 1.82) is 0 Å². The molecule has 2 aliphatic rings. The van der Waals surface area contributed by atoms with E-state index >= 15 is 0 Å². The number of hydrogen-bond acceptors (Lipinski definition) is 4. The van der Waals surface area contributed by atoms with E-state index in [0.717, 1.165) is 36.5 Å². The van der Waals surface area contributed by atoms with Crippen LogP contribution in [0, 0.1) is 6.92 Å². The van der Waals surface area contributed by atoms with Gasteiger partial charge in [0.1, 0.15) is 12.6 Å². The maximum absolute atomic E-state index is 12.9. The summed E-state index contributed by atoms with van der Waals surface area (Å²) < 4.78 is 0. The smallest absolute Gasteiger partial charge is 0.332 e. The van der Waals surface area contributed by atoms with Gasteiger partial charge >= 0.3 is 6.03 Å². The highest BCUT2D eigenvalue weighted by molar-refractivity contribution is 6.15. The second kappa shape index (κ2) is 8.89. The summed E-state index contributed by atoms with van der Waals surface area (Å²) in [4.78, 5) is 43.0. The number of imide groups is 1. The standard InChI is InChI=1S/C24H28N4O3/c1-17-8-10-21(11-9-17)28-18(2)23(30)27(24(28)31)16-22(29)25-20-12-13-26(15-20)14-19-6-4-3-5-7-19/h3-11,18,20H,12-16H2,1-2H3,(H,25,29)/t18-,20+/m1/s1. The Morgan fingerprint density at radius 1 is 1.06 bits per heavy atom. The van der Waals surface area contributed by atoms with Crippen LogP contribution in [0.2, 0.25) is 0 Å². The molecule has 31 heavy (non-hydrogen) atoms. The van der Waals surface area contributed by atoms with Crippen LogP contribution in [-0.2, 0) is 16.1 Å². The molecule has 0 spiro atoms. The number of amides is 4. The van der Waals surface area contributed by atoms with Crippen molar-refractivity contribution >= 4 is 23.5 Å². The predicted octanol–water partition coefficient (Wildman–Crippen LogP) is 2.54. The van der Waals surface area contributed by atoms with Gasteiger partial charge in [-0.3, -0.25) is 24.3 Å². The molecule has 2 fully saturated rings. The summed E-state index contributed by atoms with van der Waals surface area (Å²) in [5.41, 5.74) is 2.98. The Morgan fingerprint density at radius 3 is 2.48 bits per heavy atom. The van der Waals surface area contributed by atoms with E-state index in [0.29, 0.717) is 5.69 Å². The van der Waals surface area contributed by atoms with Gasteiger partial charge in [-0.1, -0.05) is 48.0 Å². The van der Waals surface area contributed by atoms with E-state index in [2.05, 4.69) is 22.3 Å². The molecule has 2 aromatic carbocycles. The first-order valence-corrected chi connectivity index (χ1v) is 10.7. The predicted molar refractivity (Wildman–Crippen MR) is 118 cm³/mol. The van der Waals surface area contributed by atoms with Gasteiger partial charge in [0.25, 0.3) is 5.91 Å². The highest BCUT2D eigenvalue weighted by Gasteiger charge is 2.44. The number of benzene rings is 2. The molecule has 2 aliphatic heterocycles. The number of likely N-dealkylation sites (tertiary alicyclic amines) is 1. The van der Waals surface area contributed by atoms with Crippen molar-refractivity contribution in [3.63, 3.8) is 0 Å². The van der Waals surface area contributed by atoms with Crippen molar-refractivity contribution in [1.82, 2.24) is 15.1 Å². The molecule has 7 nitrogen and oxygen atoms in total. The average Bonchev–Trinajstić information content (AvgIpc) is 3.27. The molecule has 0 saturated carbocycles. The van der Waals surface area contributed by atoms with Crippen LogP contribution in [0.25, 0.3) is 0 Å². The summed E-state index contributed by atoms with van der Waals surface area (Å²) in [6.07, 6.45) is 0.854. The quantitative estimate of drug-likeness (QED) is 0.729. The van der Waals surface area contributed by atoms with Crippen molar-refractivity contribution in [2.24, 2.45) is 0 Å². The number of carbonyl (C=O) groups is 3. The Hall–Kier alpha value is -3.19. The number of rotatable bonds is 6. The lowest BCUT2D eigenvalue weighted by atomic mass is 10.2. The number of aryl methyl sites for hydroxylation is 1. The van der Waals surface area contributed by atoms with Crippen LogP contribution in [0.4, 0.5) is 10.5 Å². The van der Waals surface area contributed by atoms with Gasteiger partial charge in [-0.05, 0) is 38.0 Å². The van der Waals surface area contributed by atoms with Gasteiger partial charge in [-0.15, -0.1) is 0 Å². The van der Waals surface area contributed by atoms with Crippen LogP contribution in [-0.4, -0.2) is 59.4 Å². The van der Waals surface area contributed by atoms with Crippen LogP contribution in [0.1, 0.15) is 24.5 Å². The molecule has 2 saturated heterocycles. The Morgan fingerprint density at radius 2 is 1.77 bits per heavy atom. The molecule has 7 heteroatoms. The summed E-state index contributed by atoms with van der Waals surface area (Å²) in [6, 6.07) is 16.6. The zero-order valence-corrected chi connectivity index (χ0v) is 18.0. The van der Waals surface area contributed by atoms with E-state index in [9.17, 15) is 14.4 Å². The summed E-state index contributed by atoms with van der Waals surface area (Å²) in [6.45, 7) is 5.91. The number of urea groups is 1. The van der Waals surface area contributed by atoms with E-state index in [1.54, 1.807) is 6.92 Å². The highest BCUT2D eigenvalue weighted by atomic mass is 16.2. The van der Waals surface area contributed by atoms with Crippen LogP contribution >= 0.6 is 0 Å². The molecular weight excluding hydrogens is 392 g/mol. The lowest BCUT2D eigenvalue weighted by Crippen LogP contribution is -2.45. The lowest BCUT2D eigenvalue weighted by Gasteiger charge is -2.20. The van der Waals surface area contributed by atoms with E-state index < -0.39 is 12.1 Å². The highest BCUT2D eigenvalue weighted by Crippen LogP contribution is 2.26. The van der Waals surface area contributed by atoms with E-state index in [4.69, 9.17) is 0 Å². The summed E-state index contributed by atoms with van der Waals surface area (Å²) in [5.74, 6) is -0.649. The van der Waals surface area contributed by atoms with Crippen molar-refractivity contribution in [2.75, 3.05) is 24.5 Å². The Labute approximate surface area is 182 Å². The number of nitrogens with one attached hydrogen (secondary N) is 1. The fourth-order valence-electron chi connectivity index (χ4n) is 4.26. The second-order valence-corrected chi connectivity index (χ2v) is 8.36. The number of carbonyl (C=O) groups excluding carboxylic acids is 3. The van der Waals surface area contributed by atoms with Gasteiger partial charge in [0.15, 0.2) is 0 Å². The molecule has 2 heterocycles. The maximum Gasteiger partial charge on any atom is 0.332 e. The van der Waals surface area contributed by atoms with Gasteiger partial charge in [-0.2, -0.15) is 0 Å².